The average molecular weight is 290 g/mol. The molecule has 0 saturated heterocycles. The van der Waals surface area contributed by atoms with Crippen molar-refractivity contribution < 1.29 is 9.84 Å². The molecular formula is C17H22O2S. The van der Waals surface area contributed by atoms with E-state index in [9.17, 15) is 5.11 Å². The summed E-state index contributed by atoms with van der Waals surface area (Å²) < 4.78 is 5.13. The number of benzene rings is 1. The van der Waals surface area contributed by atoms with Crippen LogP contribution in [0.4, 0.5) is 0 Å². The molecule has 1 aromatic heterocycles. The molecule has 3 heteroatoms. The van der Waals surface area contributed by atoms with E-state index < -0.39 is 0 Å². The van der Waals surface area contributed by atoms with Crippen LogP contribution in [0.2, 0.25) is 0 Å². The zero-order valence-electron chi connectivity index (χ0n) is 11.9. The van der Waals surface area contributed by atoms with Crippen LogP contribution in [0, 0.1) is 0 Å². The predicted octanol–water partition coefficient (Wildman–Crippen LogP) is 4.07. The molecule has 0 aliphatic heterocycles. The third-order valence-electron chi connectivity index (χ3n) is 3.47. The molecule has 2 rings (SSSR count). The number of hydrogen-bond donors (Lipinski definition) is 1. The van der Waals surface area contributed by atoms with Gasteiger partial charge in [0, 0.05) is 4.88 Å². The van der Waals surface area contributed by atoms with Crippen LogP contribution in [0.1, 0.15) is 29.7 Å². The molecule has 0 aliphatic carbocycles. The van der Waals surface area contributed by atoms with Crippen LogP contribution in [-0.2, 0) is 12.8 Å². The quantitative estimate of drug-likeness (QED) is 0.794. The second-order valence-corrected chi connectivity index (χ2v) is 6.04. The van der Waals surface area contributed by atoms with Gasteiger partial charge < -0.3 is 9.84 Å². The summed E-state index contributed by atoms with van der Waals surface area (Å²) in [6.45, 7) is 0. The Hall–Kier alpha value is -1.32. The maximum absolute atomic E-state index is 10.0. The molecule has 0 saturated carbocycles. The minimum Gasteiger partial charge on any atom is -0.497 e. The number of ether oxygens (including phenoxy) is 1. The smallest absolute Gasteiger partial charge is 0.118 e. The van der Waals surface area contributed by atoms with E-state index >= 15 is 0 Å². The topological polar surface area (TPSA) is 29.5 Å². The first kappa shape index (κ1) is 15.1. The minimum absolute atomic E-state index is 0.197. The normalized spacial score (nSPS) is 12.3. The van der Waals surface area contributed by atoms with E-state index in [2.05, 4.69) is 29.6 Å². The van der Waals surface area contributed by atoms with Crippen LogP contribution in [-0.4, -0.2) is 18.3 Å². The summed E-state index contributed by atoms with van der Waals surface area (Å²) in [5, 5.41) is 12.1. The summed E-state index contributed by atoms with van der Waals surface area (Å²) >= 11 is 1.79. The van der Waals surface area contributed by atoms with E-state index in [4.69, 9.17) is 4.74 Å². The van der Waals surface area contributed by atoms with Crippen LogP contribution < -0.4 is 4.74 Å². The third-order valence-corrected chi connectivity index (χ3v) is 4.40. The maximum atomic E-state index is 10.0. The lowest BCUT2D eigenvalue weighted by atomic mass is 10.0. The Bertz CT molecular complexity index is 476. The number of aliphatic hydroxyl groups excluding tert-OH is 1. The molecule has 0 amide bonds. The molecule has 2 aromatic rings. The van der Waals surface area contributed by atoms with Gasteiger partial charge in [0.2, 0.25) is 0 Å². The zero-order chi connectivity index (χ0) is 14.2. The molecule has 1 atom stereocenters. The largest absolute Gasteiger partial charge is 0.497 e. The fourth-order valence-corrected chi connectivity index (χ4v) is 2.99. The molecular weight excluding hydrogens is 268 g/mol. The van der Waals surface area contributed by atoms with Crippen molar-refractivity contribution in [1.29, 1.82) is 0 Å². The van der Waals surface area contributed by atoms with Crippen molar-refractivity contribution in [3.63, 3.8) is 0 Å². The number of rotatable bonds is 8. The van der Waals surface area contributed by atoms with Crippen molar-refractivity contribution in [3.05, 3.63) is 52.2 Å². The van der Waals surface area contributed by atoms with Gasteiger partial charge in [-0.15, -0.1) is 11.3 Å². The van der Waals surface area contributed by atoms with Crippen molar-refractivity contribution >= 4 is 11.3 Å². The van der Waals surface area contributed by atoms with Crippen LogP contribution >= 0.6 is 11.3 Å². The monoisotopic (exact) mass is 290 g/mol. The lowest BCUT2D eigenvalue weighted by Gasteiger charge is -2.10. The van der Waals surface area contributed by atoms with Crippen molar-refractivity contribution in [2.75, 3.05) is 7.11 Å². The second kappa shape index (κ2) is 8.08. The summed E-state index contributed by atoms with van der Waals surface area (Å²) in [5.74, 6) is 0.880. The van der Waals surface area contributed by atoms with Crippen LogP contribution in [0.25, 0.3) is 0 Å². The van der Waals surface area contributed by atoms with Gasteiger partial charge in [0.05, 0.1) is 13.2 Å². The number of aliphatic hydroxyl groups is 1. The van der Waals surface area contributed by atoms with Crippen LogP contribution in [0.15, 0.2) is 41.8 Å². The molecule has 1 N–H and O–H groups in total. The van der Waals surface area contributed by atoms with E-state index in [0.717, 1.165) is 37.9 Å². The minimum atomic E-state index is -0.197. The molecule has 20 heavy (non-hydrogen) atoms. The molecule has 0 spiro atoms. The van der Waals surface area contributed by atoms with E-state index in [1.54, 1.807) is 18.4 Å². The molecule has 108 valence electrons. The lowest BCUT2D eigenvalue weighted by Crippen LogP contribution is -2.08. The van der Waals surface area contributed by atoms with Gasteiger partial charge in [0.15, 0.2) is 0 Å². The van der Waals surface area contributed by atoms with Gasteiger partial charge in [-0.3, -0.25) is 0 Å². The number of methoxy groups -OCH3 is 1. The van der Waals surface area contributed by atoms with E-state index in [1.807, 2.05) is 12.1 Å². The maximum Gasteiger partial charge on any atom is 0.118 e. The van der Waals surface area contributed by atoms with Crippen LogP contribution in [0.5, 0.6) is 5.75 Å². The van der Waals surface area contributed by atoms with Crippen LogP contribution in [0.3, 0.4) is 0 Å². The fraction of sp³-hybridized carbons (Fsp3) is 0.412. The van der Waals surface area contributed by atoms with E-state index in [-0.39, 0.29) is 6.10 Å². The zero-order valence-corrected chi connectivity index (χ0v) is 12.7. The van der Waals surface area contributed by atoms with Gasteiger partial charge in [-0.05, 0) is 61.2 Å². The molecule has 0 radical (unpaired) electrons. The molecule has 1 aromatic carbocycles. The fourth-order valence-electron chi connectivity index (χ4n) is 2.24. The Morgan fingerprint density at radius 3 is 2.55 bits per heavy atom. The van der Waals surface area contributed by atoms with Gasteiger partial charge in [0.1, 0.15) is 5.75 Å². The standard InChI is InChI=1S/C17H22O2S/c1-19-16-11-8-14(9-12-16)7-10-15(18)4-2-5-17-6-3-13-20-17/h3,6,8-9,11-13,15,18H,2,4-5,7,10H2,1H3. The predicted molar refractivity (Wildman–Crippen MR) is 84.6 cm³/mol. The molecule has 1 unspecified atom stereocenters. The first-order valence-electron chi connectivity index (χ1n) is 7.11. The summed E-state index contributed by atoms with van der Waals surface area (Å²) in [4.78, 5) is 1.41. The van der Waals surface area contributed by atoms with Gasteiger partial charge in [0.25, 0.3) is 0 Å². The lowest BCUT2D eigenvalue weighted by molar-refractivity contribution is 0.152. The first-order chi connectivity index (χ1) is 9.78. The van der Waals surface area contributed by atoms with E-state index in [0.29, 0.717) is 0 Å². The Labute approximate surface area is 125 Å². The number of hydrogen-bond acceptors (Lipinski definition) is 3. The Balaban J connectivity index is 1.65. The third kappa shape index (κ3) is 4.99. The Kier molecular flexibility index (Phi) is 6.09. The highest BCUT2D eigenvalue weighted by Crippen LogP contribution is 2.16. The van der Waals surface area contributed by atoms with Gasteiger partial charge in [-0.25, -0.2) is 0 Å². The Morgan fingerprint density at radius 2 is 1.90 bits per heavy atom. The summed E-state index contributed by atoms with van der Waals surface area (Å²) in [7, 11) is 1.67. The average Bonchev–Trinajstić information content (AvgIpc) is 2.99. The molecule has 1 heterocycles. The van der Waals surface area contributed by atoms with Gasteiger partial charge >= 0.3 is 0 Å². The number of aryl methyl sites for hydroxylation is 2. The highest BCUT2D eigenvalue weighted by atomic mass is 32.1. The second-order valence-electron chi connectivity index (χ2n) is 5.01. The van der Waals surface area contributed by atoms with Crippen molar-refractivity contribution in [2.24, 2.45) is 0 Å². The highest BCUT2D eigenvalue weighted by Gasteiger charge is 2.05. The van der Waals surface area contributed by atoms with Gasteiger partial charge in [-0.1, -0.05) is 18.2 Å². The summed E-state index contributed by atoms with van der Waals surface area (Å²) in [6.07, 6.45) is 4.58. The van der Waals surface area contributed by atoms with E-state index in [1.165, 1.54) is 10.4 Å². The highest BCUT2D eigenvalue weighted by molar-refractivity contribution is 7.09. The van der Waals surface area contributed by atoms with Gasteiger partial charge in [-0.2, -0.15) is 0 Å². The molecule has 0 fully saturated rings. The summed E-state index contributed by atoms with van der Waals surface area (Å²) in [5.41, 5.74) is 1.25. The molecule has 0 aliphatic rings. The van der Waals surface area contributed by atoms with Crippen molar-refractivity contribution in [2.45, 2.75) is 38.2 Å². The summed E-state index contributed by atoms with van der Waals surface area (Å²) in [6, 6.07) is 12.3. The molecule has 0 bridgehead atoms. The van der Waals surface area contributed by atoms with Crippen molar-refractivity contribution in [3.8, 4) is 5.75 Å². The van der Waals surface area contributed by atoms with Crippen molar-refractivity contribution in [1.82, 2.24) is 0 Å². The SMILES string of the molecule is COc1ccc(CCC(O)CCCc2cccs2)cc1. The molecule has 2 nitrogen and oxygen atoms in total. The Morgan fingerprint density at radius 1 is 1.10 bits per heavy atom. The number of thiophene rings is 1. The first-order valence-corrected chi connectivity index (χ1v) is 7.99.